The van der Waals surface area contributed by atoms with Gasteiger partial charge in [0.05, 0.1) is 0 Å². The SMILES string of the molecule is CC(C)(C)OC(=O)N1CC[C@@H](CNC(=O)NNC(=O)c2ccc(Br)cc2)C1. The van der Waals surface area contributed by atoms with Gasteiger partial charge in [-0.1, -0.05) is 15.9 Å². The molecule has 0 unspecified atom stereocenters. The average Bonchev–Trinajstić information content (AvgIpc) is 3.06. The molecule has 1 aliphatic rings. The van der Waals surface area contributed by atoms with E-state index in [-0.39, 0.29) is 12.0 Å². The number of nitrogens with zero attached hydrogens (tertiary/aromatic N) is 1. The maximum Gasteiger partial charge on any atom is 0.410 e. The van der Waals surface area contributed by atoms with Crippen LogP contribution in [0.5, 0.6) is 0 Å². The van der Waals surface area contributed by atoms with Crippen LogP contribution in [-0.2, 0) is 4.74 Å². The topological polar surface area (TPSA) is 99.8 Å². The average molecular weight is 441 g/mol. The van der Waals surface area contributed by atoms with E-state index in [4.69, 9.17) is 4.74 Å². The number of hydrogen-bond acceptors (Lipinski definition) is 4. The third kappa shape index (κ3) is 7.09. The number of rotatable bonds is 3. The standard InChI is InChI=1S/C18H25BrN4O4/c1-18(2,3)27-17(26)23-9-8-12(11-23)10-20-16(25)22-21-15(24)13-4-6-14(19)7-5-13/h4-7,12H,8-11H2,1-3H3,(H,21,24)(H2,20,22,25)/t12-/m0/s1. The number of amides is 4. The molecule has 8 nitrogen and oxygen atoms in total. The molecule has 148 valence electrons. The van der Waals surface area contributed by atoms with E-state index in [0.29, 0.717) is 25.2 Å². The molecule has 0 bridgehead atoms. The Morgan fingerprint density at radius 2 is 1.85 bits per heavy atom. The number of likely N-dealkylation sites (tertiary alicyclic amines) is 1. The third-order valence-corrected chi connectivity index (χ3v) is 4.41. The Morgan fingerprint density at radius 3 is 2.48 bits per heavy atom. The fourth-order valence-corrected chi connectivity index (χ4v) is 2.82. The lowest BCUT2D eigenvalue weighted by atomic mass is 10.1. The van der Waals surface area contributed by atoms with Gasteiger partial charge in [-0.25, -0.2) is 15.0 Å². The van der Waals surface area contributed by atoms with Crippen LogP contribution in [0.4, 0.5) is 9.59 Å². The number of hydrogen-bond donors (Lipinski definition) is 3. The Morgan fingerprint density at radius 1 is 1.19 bits per heavy atom. The molecule has 0 spiro atoms. The lowest BCUT2D eigenvalue weighted by Crippen LogP contribution is -2.48. The molecule has 2 rings (SSSR count). The van der Waals surface area contributed by atoms with E-state index in [1.165, 1.54) is 0 Å². The minimum Gasteiger partial charge on any atom is -0.444 e. The molecule has 0 radical (unpaired) electrons. The second-order valence-electron chi connectivity index (χ2n) is 7.38. The predicted octanol–water partition coefficient (Wildman–Crippen LogP) is 2.65. The van der Waals surface area contributed by atoms with E-state index in [0.717, 1.165) is 10.9 Å². The largest absolute Gasteiger partial charge is 0.444 e. The first-order valence-electron chi connectivity index (χ1n) is 8.72. The number of ether oxygens (including phenoxy) is 1. The summed E-state index contributed by atoms with van der Waals surface area (Å²) in [5.74, 6) is -0.264. The summed E-state index contributed by atoms with van der Waals surface area (Å²) in [7, 11) is 0. The summed E-state index contributed by atoms with van der Waals surface area (Å²) in [5, 5.41) is 2.70. The molecule has 1 heterocycles. The van der Waals surface area contributed by atoms with Crippen molar-refractivity contribution in [3.63, 3.8) is 0 Å². The van der Waals surface area contributed by atoms with Crippen molar-refractivity contribution in [2.45, 2.75) is 32.8 Å². The molecule has 27 heavy (non-hydrogen) atoms. The summed E-state index contributed by atoms with van der Waals surface area (Å²) >= 11 is 3.29. The summed E-state index contributed by atoms with van der Waals surface area (Å²) in [4.78, 5) is 37.4. The van der Waals surface area contributed by atoms with Crippen molar-refractivity contribution in [1.82, 2.24) is 21.1 Å². The lowest BCUT2D eigenvalue weighted by molar-refractivity contribution is 0.0288. The van der Waals surface area contributed by atoms with Gasteiger partial charge in [-0.15, -0.1) is 0 Å². The first-order valence-corrected chi connectivity index (χ1v) is 9.51. The fraction of sp³-hybridized carbons (Fsp3) is 0.500. The van der Waals surface area contributed by atoms with Crippen LogP contribution in [0, 0.1) is 5.92 Å². The Labute approximate surface area is 167 Å². The predicted molar refractivity (Wildman–Crippen MR) is 104 cm³/mol. The van der Waals surface area contributed by atoms with Gasteiger partial charge < -0.3 is 15.0 Å². The zero-order valence-electron chi connectivity index (χ0n) is 15.7. The van der Waals surface area contributed by atoms with Crippen molar-refractivity contribution in [2.24, 2.45) is 5.92 Å². The minimum atomic E-state index is -0.527. The van der Waals surface area contributed by atoms with Gasteiger partial charge in [0.25, 0.3) is 5.91 Å². The van der Waals surface area contributed by atoms with Gasteiger partial charge in [-0.2, -0.15) is 0 Å². The highest BCUT2D eigenvalue weighted by molar-refractivity contribution is 9.10. The molecule has 0 aromatic heterocycles. The molecule has 9 heteroatoms. The second kappa shape index (κ2) is 9.07. The molecule has 1 atom stereocenters. The highest BCUT2D eigenvalue weighted by atomic mass is 79.9. The molecule has 3 N–H and O–H groups in total. The number of hydrazine groups is 1. The van der Waals surface area contributed by atoms with E-state index in [9.17, 15) is 14.4 Å². The Balaban J connectivity index is 1.68. The first-order chi connectivity index (χ1) is 12.6. The Bertz CT molecular complexity index is 688. The van der Waals surface area contributed by atoms with Crippen LogP contribution >= 0.6 is 15.9 Å². The molecular weight excluding hydrogens is 416 g/mol. The number of nitrogens with one attached hydrogen (secondary N) is 3. The molecule has 1 aromatic rings. The van der Waals surface area contributed by atoms with Gasteiger partial charge in [-0.05, 0) is 57.4 Å². The van der Waals surface area contributed by atoms with Crippen LogP contribution in [0.1, 0.15) is 37.6 Å². The molecule has 1 fully saturated rings. The van der Waals surface area contributed by atoms with Crippen LogP contribution in [0.2, 0.25) is 0 Å². The van der Waals surface area contributed by atoms with Gasteiger partial charge >= 0.3 is 12.1 Å². The summed E-state index contributed by atoms with van der Waals surface area (Å²) in [5.41, 5.74) is 4.57. The number of urea groups is 1. The second-order valence-corrected chi connectivity index (χ2v) is 8.29. The van der Waals surface area contributed by atoms with Gasteiger partial charge in [-0.3, -0.25) is 10.2 Å². The van der Waals surface area contributed by atoms with Crippen LogP contribution in [0.25, 0.3) is 0 Å². The van der Waals surface area contributed by atoms with E-state index >= 15 is 0 Å². The van der Waals surface area contributed by atoms with Crippen LogP contribution in [0.15, 0.2) is 28.7 Å². The van der Waals surface area contributed by atoms with Crippen molar-refractivity contribution < 1.29 is 19.1 Å². The van der Waals surface area contributed by atoms with Crippen molar-refractivity contribution in [1.29, 1.82) is 0 Å². The number of carbonyl (C=O) groups excluding carboxylic acids is 3. The van der Waals surface area contributed by atoms with Crippen molar-refractivity contribution >= 4 is 34.0 Å². The van der Waals surface area contributed by atoms with Crippen LogP contribution < -0.4 is 16.2 Å². The summed E-state index contributed by atoms with van der Waals surface area (Å²) < 4.78 is 6.21. The fourth-order valence-electron chi connectivity index (χ4n) is 2.56. The van der Waals surface area contributed by atoms with Crippen molar-refractivity contribution in [3.05, 3.63) is 34.3 Å². The number of halogens is 1. The van der Waals surface area contributed by atoms with E-state index in [1.54, 1.807) is 29.2 Å². The minimum absolute atomic E-state index is 0.144. The summed E-state index contributed by atoms with van der Waals surface area (Å²) in [6.45, 7) is 7.01. The quantitative estimate of drug-likeness (QED) is 0.628. The Kier molecular flexibility index (Phi) is 7.06. The van der Waals surface area contributed by atoms with Gasteiger partial charge in [0.15, 0.2) is 0 Å². The van der Waals surface area contributed by atoms with Crippen LogP contribution in [0.3, 0.4) is 0 Å². The van der Waals surface area contributed by atoms with Crippen molar-refractivity contribution in [3.8, 4) is 0 Å². The van der Waals surface area contributed by atoms with Crippen LogP contribution in [-0.4, -0.2) is 48.2 Å². The highest BCUT2D eigenvalue weighted by Gasteiger charge is 2.29. The van der Waals surface area contributed by atoms with E-state index < -0.39 is 17.5 Å². The zero-order valence-corrected chi connectivity index (χ0v) is 17.3. The zero-order chi connectivity index (χ0) is 20.0. The molecule has 0 saturated carbocycles. The number of benzene rings is 1. The number of carbonyl (C=O) groups is 3. The van der Waals surface area contributed by atoms with Gasteiger partial charge in [0.1, 0.15) is 5.60 Å². The molecular formula is C18H25BrN4O4. The third-order valence-electron chi connectivity index (χ3n) is 3.88. The molecule has 1 saturated heterocycles. The summed E-state index contributed by atoms with van der Waals surface area (Å²) in [6.07, 6.45) is 0.446. The first kappa shape index (κ1) is 21.0. The van der Waals surface area contributed by atoms with E-state index in [1.807, 2.05) is 20.8 Å². The van der Waals surface area contributed by atoms with Gasteiger partial charge in [0, 0.05) is 29.7 Å². The normalized spacial score (nSPS) is 16.6. The smallest absolute Gasteiger partial charge is 0.410 e. The molecule has 4 amide bonds. The molecule has 0 aliphatic carbocycles. The molecule has 1 aliphatic heterocycles. The van der Waals surface area contributed by atoms with Crippen molar-refractivity contribution in [2.75, 3.05) is 19.6 Å². The maximum atomic E-state index is 12.0. The maximum absolute atomic E-state index is 12.0. The Hall–Kier alpha value is -2.29. The lowest BCUT2D eigenvalue weighted by Gasteiger charge is -2.24. The molecule has 1 aromatic carbocycles. The summed E-state index contributed by atoms with van der Waals surface area (Å²) in [6, 6.07) is 6.26. The van der Waals surface area contributed by atoms with E-state index in [2.05, 4.69) is 32.1 Å². The monoisotopic (exact) mass is 440 g/mol. The highest BCUT2D eigenvalue weighted by Crippen LogP contribution is 2.18. The van der Waals surface area contributed by atoms with Gasteiger partial charge in [0.2, 0.25) is 0 Å².